The standard InChI is InChI=1S/C23H32N2O5S/c1-5-29-21(26)20(24-31(28)23(2,3)4)17-13-18-11-12-19(14-17)25(18)22(27)30-15-16-9-7-6-8-10-16/h6-10,17-19H,5,11-15H2,1-4H3/b24-20+/t17?,18?,19?,31-/m0/s1. The number of hydrogen-bond donors (Lipinski definition) is 0. The third-order valence-corrected chi connectivity index (χ3v) is 7.14. The SMILES string of the molecule is CCOC(=O)/C(=N/[S@@](=O)C(C)(C)C)C1CC2CCC(C1)N2C(=O)OCc1ccccc1. The summed E-state index contributed by atoms with van der Waals surface area (Å²) in [6.45, 7) is 7.68. The van der Waals surface area contributed by atoms with Gasteiger partial charge in [0, 0.05) is 18.0 Å². The molecule has 2 bridgehead atoms. The number of rotatable bonds is 6. The van der Waals surface area contributed by atoms with Crippen LogP contribution in [0.15, 0.2) is 34.7 Å². The lowest BCUT2D eigenvalue weighted by Gasteiger charge is -2.38. The third-order valence-electron chi connectivity index (χ3n) is 5.73. The summed E-state index contributed by atoms with van der Waals surface area (Å²) >= 11 is 0. The highest BCUT2D eigenvalue weighted by molar-refractivity contribution is 7.85. The highest BCUT2D eigenvalue weighted by Gasteiger charge is 2.46. The number of carbonyl (C=O) groups excluding carboxylic acids is 2. The van der Waals surface area contributed by atoms with E-state index in [2.05, 4.69) is 4.40 Å². The van der Waals surface area contributed by atoms with Gasteiger partial charge in [0.1, 0.15) is 23.3 Å². The van der Waals surface area contributed by atoms with Crippen molar-refractivity contribution < 1.29 is 23.3 Å². The molecule has 170 valence electrons. The third kappa shape index (κ3) is 5.73. The molecule has 3 atom stereocenters. The predicted molar refractivity (Wildman–Crippen MR) is 120 cm³/mol. The van der Waals surface area contributed by atoms with Crippen molar-refractivity contribution in [1.29, 1.82) is 0 Å². The van der Waals surface area contributed by atoms with Crippen molar-refractivity contribution in [3.05, 3.63) is 35.9 Å². The van der Waals surface area contributed by atoms with Gasteiger partial charge in [0.15, 0.2) is 0 Å². The minimum absolute atomic E-state index is 0.0188. The van der Waals surface area contributed by atoms with Gasteiger partial charge in [-0.2, -0.15) is 4.40 Å². The Morgan fingerprint density at radius 3 is 2.26 bits per heavy atom. The fourth-order valence-corrected chi connectivity index (χ4v) is 4.88. The van der Waals surface area contributed by atoms with E-state index >= 15 is 0 Å². The Morgan fingerprint density at radius 1 is 1.10 bits per heavy atom. The minimum atomic E-state index is -1.56. The molecule has 0 aliphatic carbocycles. The van der Waals surface area contributed by atoms with Gasteiger partial charge in [-0.15, -0.1) is 0 Å². The van der Waals surface area contributed by atoms with Crippen LogP contribution < -0.4 is 0 Å². The second-order valence-electron chi connectivity index (χ2n) is 9.06. The summed E-state index contributed by atoms with van der Waals surface area (Å²) in [4.78, 5) is 27.2. The van der Waals surface area contributed by atoms with Gasteiger partial charge in [-0.05, 0) is 58.9 Å². The first-order valence-electron chi connectivity index (χ1n) is 10.9. The lowest BCUT2D eigenvalue weighted by atomic mass is 9.87. The maximum Gasteiger partial charge on any atom is 0.410 e. The van der Waals surface area contributed by atoms with E-state index in [4.69, 9.17) is 9.47 Å². The molecule has 0 saturated carbocycles. The summed E-state index contributed by atoms with van der Waals surface area (Å²) in [6.07, 6.45) is 2.59. The number of ether oxygens (including phenoxy) is 2. The van der Waals surface area contributed by atoms with Crippen LogP contribution in [-0.4, -0.2) is 50.3 Å². The highest BCUT2D eigenvalue weighted by Crippen LogP contribution is 2.40. The minimum Gasteiger partial charge on any atom is -0.461 e. The molecule has 2 aliphatic heterocycles. The largest absolute Gasteiger partial charge is 0.461 e. The molecule has 1 amide bonds. The first-order chi connectivity index (χ1) is 14.7. The molecule has 2 heterocycles. The molecule has 2 fully saturated rings. The quantitative estimate of drug-likeness (QED) is 0.484. The molecule has 31 heavy (non-hydrogen) atoms. The maximum atomic E-state index is 12.8. The van der Waals surface area contributed by atoms with Crippen LogP contribution in [0.5, 0.6) is 0 Å². The molecule has 7 nitrogen and oxygen atoms in total. The predicted octanol–water partition coefficient (Wildman–Crippen LogP) is 4.03. The Morgan fingerprint density at radius 2 is 1.71 bits per heavy atom. The number of carbonyl (C=O) groups is 2. The van der Waals surface area contributed by atoms with E-state index in [0.29, 0.717) is 12.8 Å². The summed E-state index contributed by atoms with van der Waals surface area (Å²) in [7, 11) is -1.56. The van der Waals surface area contributed by atoms with Crippen molar-refractivity contribution in [3.63, 3.8) is 0 Å². The fourth-order valence-electron chi connectivity index (χ4n) is 4.20. The molecule has 2 saturated heterocycles. The van der Waals surface area contributed by atoms with Crippen LogP contribution in [0.25, 0.3) is 0 Å². The van der Waals surface area contributed by atoms with E-state index in [9.17, 15) is 13.8 Å². The van der Waals surface area contributed by atoms with Gasteiger partial charge < -0.3 is 14.4 Å². The summed E-state index contributed by atoms with van der Waals surface area (Å²) in [6, 6.07) is 9.55. The van der Waals surface area contributed by atoms with Crippen LogP contribution in [0, 0.1) is 5.92 Å². The summed E-state index contributed by atoms with van der Waals surface area (Å²) < 4.78 is 27.1. The summed E-state index contributed by atoms with van der Waals surface area (Å²) in [5, 5.41) is 0. The highest BCUT2D eigenvalue weighted by atomic mass is 32.2. The first-order valence-corrected chi connectivity index (χ1v) is 12.0. The van der Waals surface area contributed by atoms with Gasteiger partial charge in [-0.3, -0.25) is 0 Å². The molecule has 0 radical (unpaired) electrons. The lowest BCUT2D eigenvalue weighted by molar-refractivity contribution is -0.135. The summed E-state index contributed by atoms with van der Waals surface area (Å²) in [5.74, 6) is -0.689. The molecular weight excluding hydrogens is 416 g/mol. The Bertz CT molecular complexity index is 835. The summed E-state index contributed by atoms with van der Waals surface area (Å²) in [5.41, 5.74) is 1.18. The Hall–Kier alpha value is -2.22. The van der Waals surface area contributed by atoms with Gasteiger partial charge in [0.05, 0.1) is 11.4 Å². The monoisotopic (exact) mass is 448 g/mol. The van der Waals surface area contributed by atoms with Crippen molar-refractivity contribution in [2.45, 2.75) is 76.8 Å². The van der Waals surface area contributed by atoms with Gasteiger partial charge in [0.25, 0.3) is 0 Å². The van der Waals surface area contributed by atoms with Crippen LogP contribution in [0.3, 0.4) is 0 Å². The molecular formula is C23H32N2O5S. The zero-order chi connectivity index (χ0) is 22.6. The number of hydrogen-bond acceptors (Lipinski definition) is 5. The number of amides is 1. The Balaban J connectivity index is 1.71. The average molecular weight is 449 g/mol. The Labute approximate surface area is 186 Å². The maximum absolute atomic E-state index is 12.8. The van der Waals surface area contributed by atoms with E-state index in [-0.39, 0.29) is 43.0 Å². The number of piperidine rings is 1. The zero-order valence-electron chi connectivity index (χ0n) is 18.7. The van der Waals surface area contributed by atoms with E-state index in [0.717, 1.165) is 18.4 Å². The number of nitrogens with zero attached hydrogens (tertiary/aromatic N) is 2. The van der Waals surface area contributed by atoms with Gasteiger partial charge >= 0.3 is 12.1 Å². The van der Waals surface area contributed by atoms with Gasteiger partial charge in [-0.1, -0.05) is 30.3 Å². The van der Waals surface area contributed by atoms with Crippen LogP contribution in [0.2, 0.25) is 0 Å². The molecule has 3 rings (SSSR count). The smallest absolute Gasteiger partial charge is 0.410 e. The second-order valence-corrected chi connectivity index (χ2v) is 11.0. The first kappa shape index (κ1) is 23.4. The van der Waals surface area contributed by atoms with E-state index < -0.39 is 21.7 Å². The number of fused-ring (bicyclic) bond motifs is 2. The molecule has 0 spiro atoms. The molecule has 8 heteroatoms. The van der Waals surface area contributed by atoms with Crippen LogP contribution in [0.1, 0.15) is 58.9 Å². The molecule has 2 unspecified atom stereocenters. The number of benzene rings is 1. The molecule has 1 aromatic rings. The molecule has 1 aromatic carbocycles. The molecule has 0 aromatic heterocycles. The van der Waals surface area contributed by atoms with E-state index in [1.54, 1.807) is 6.92 Å². The van der Waals surface area contributed by atoms with Crippen LogP contribution in [-0.2, 0) is 31.9 Å². The van der Waals surface area contributed by atoms with Crippen molar-refractivity contribution in [2.75, 3.05) is 6.61 Å². The second kappa shape index (κ2) is 9.94. The molecule has 0 N–H and O–H groups in total. The van der Waals surface area contributed by atoms with Crippen LogP contribution >= 0.6 is 0 Å². The lowest BCUT2D eigenvalue weighted by Crippen LogP contribution is -2.49. The topological polar surface area (TPSA) is 85.3 Å². The average Bonchev–Trinajstić information content (AvgIpc) is 3.00. The number of esters is 1. The fraction of sp³-hybridized carbons (Fsp3) is 0.609. The van der Waals surface area contributed by atoms with Gasteiger partial charge in [0.2, 0.25) is 0 Å². The Kier molecular flexibility index (Phi) is 7.51. The van der Waals surface area contributed by atoms with Crippen molar-refractivity contribution in [1.82, 2.24) is 4.90 Å². The van der Waals surface area contributed by atoms with Crippen molar-refractivity contribution in [2.24, 2.45) is 10.3 Å². The van der Waals surface area contributed by atoms with E-state index in [1.165, 1.54) is 0 Å². The van der Waals surface area contributed by atoms with Crippen LogP contribution in [0.4, 0.5) is 4.79 Å². The van der Waals surface area contributed by atoms with Gasteiger partial charge in [-0.25, -0.2) is 13.8 Å². The zero-order valence-corrected chi connectivity index (χ0v) is 19.5. The van der Waals surface area contributed by atoms with Crippen molar-refractivity contribution >= 4 is 28.8 Å². The van der Waals surface area contributed by atoms with E-state index in [1.807, 2.05) is 56.0 Å². The molecule has 2 aliphatic rings. The van der Waals surface area contributed by atoms with Crippen molar-refractivity contribution in [3.8, 4) is 0 Å². The normalized spacial score (nSPS) is 24.6.